The Morgan fingerprint density at radius 2 is 1.84 bits per heavy atom. The summed E-state index contributed by atoms with van der Waals surface area (Å²) in [5.74, 6) is -0.268. The van der Waals surface area contributed by atoms with Gasteiger partial charge in [0.25, 0.3) is 11.8 Å². The predicted octanol–water partition coefficient (Wildman–Crippen LogP) is 3.01. The standard InChI is InChI=1S/C19H17BrN2O3/c20-15-8-6-14(7-9-15)18(23)21-11-10-16-17(21)19(24)22(25-16)12-13-4-2-1-3-5-13/h1-9,16-17H,10-12H2/t16-,17+/m1/s1. The Labute approximate surface area is 154 Å². The Morgan fingerprint density at radius 3 is 2.56 bits per heavy atom. The van der Waals surface area contributed by atoms with Crippen molar-refractivity contribution in [1.82, 2.24) is 9.96 Å². The molecule has 2 aliphatic rings. The van der Waals surface area contributed by atoms with Crippen LogP contribution in [0.4, 0.5) is 0 Å². The molecule has 2 atom stereocenters. The van der Waals surface area contributed by atoms with Crippen molar-refractivity contribution in [3.8, 4) is 0 Å². The topological polar surface area (TPSA) is 49.9 Å². The van der Waals surface area contributed by atoms with E-state index in [0.717, 1.165) is 10.0 Å². The second-order valence-corrected chi connectivity index (χ2v) is 7.16. The Bertz CT molecular complexity index is 794. The molecule has 0 unspecified atom stereocenters. The average Bonchev–Trinajstić information content (AvgIpc) is 3.17. The van der Waals surface area contributed by atoms with E-state index in [-0.39, 0.29) is 17.9 Å². The Kier molecular flexibility index (Phi) is 4.31. The highest BCUT2D eigenvalue weighted by Crippen LogP contribution is 2.32. The van der Waals surface area contributed by atoms with Gasteiger partial charge in [0, 0.05) is 16.6 Å². The fourth-order valence-corrected chi connectivity index (χ4v) is 3.64. The van der Waals surface area contributed by atoms with E-state index in [1.54, 1.807) is 17.0 Å². The van der Waals surface area contributed by atoms with Gasteiger partial charge in [0.15, 0.2) is 0 Å². The molecule has 0 N–H and O–H groups in total. The average molecular weight is 401 g/mol. The first-order valence-corrected chi connectivity index (χ1v) is 9.01. The van der Waals surface area contributed by atoms with Crippen molar-refractivity contribution in [3.63, 3.8) is 0 Å². The van der Waals surface area contributed by atoms with Crippen molar-refractivity contribution < 1.29 is 14.4 Å². The van der Waals surface area contributed by atoms with Crippen LogP contribution < -0.4 is 0 Å². The molecule has 2 amide bonds. The van der Waals surface area contributed by atoms with Gasteiger partial charge in [-0.15, -0.1) is 0 Å². The number of halogens is 1. The highest BCUT2D eigenvalue weighted by molar-refractivity contribution is 9.10. The quantitative estimate of drug-likeness (QED) is 0.795. The third-order valence-corrected chi connectivity index (χ3v) is 5.15. The highest BCUT2D eigenvalue weighted by Gasteiger charge is 2.51. The molecule has 4 rings (SSSR count). The third-order valence-electron chi connectivity index (χ3n) is 4.62. The monoisotopic (exact) mass is 400 g/mol. The van der Waals surface area contributed by atoms with Crippen molar-refractivity contribution in [3.05, 3.63) is 70.2 Å². The van der Waals surface area contributed by atoms with Crippen LogP contribution in [0.1, 0.15) is 22.3 Å². The number of hydrogen-bond donors (Lipinski definition) is 0. The zero-order chi connectivity index (χ0) is 17.4. The second-order valence-electron chi connectivity index (χ2n) is 6.24. The van der Waals surface area contributed by atoms with Crippen LogP contribution in [0.25, 0.3) is 0 Å². The fourth-order valence-electron chi connectivity index (χ4n) is 3.38. The van der Waals surface area contributed by atoms with Crippen molar-refractivity contribution in [2.45, 2.75) is 25.1 Å². The van der Waals surface area contributed by atoms with Crippen LogP contribution in [0.2, 0.25) is 0 Å². The molecule has 0 radical (unpaired) electrons. The van der Waals surface area contributed by atoms with Crippen LogP contribution in [0.5, 0.6) is 0 Å². The van der Waals surface area contributed by atoms with Crippen molar-refractivity contribution in [2.24, 2.45) is 0 Å². The van der Waals surface area contributed by atoms with Crippen LogP contribution in [0.15, 0.2) is 59.1 Å². The number of fused-ring (bicyclic) bond motifs is 1. The lowest BCUT2D eigenvalue weighted by atomic mass is 10.1. The smallest absolute Gasteiger partial charge is 0.272 e. The van der Waals surface area contributed by atoms with Crippen LogP contribution in [-0.4, -0.2) is 40.5 Å². The number of carbonyl (C=O) groups is 2. The van der Waals surface area contributed by atoms with Gasteiger partial charge in [0.05, 0.1) is 6.54 Å². The molecule has 0 bridgehead atoms. The second kappa shape index (κ2) is 6.61. The van der Waals surface area contributed by atoms with Crippen LogP contribution in [0.3, 0.4) is 0 Å². The molecule has 0 aromatic heterocycles. The van der Waals surface area contributed by atoms with Gasteiger partial charge in [-0.25, -0.2) is 5.06 Å². The summed E-state index contributed by atoms with van der Waals surface area (Å²) in [7, 11) is 0. The molecule has 128 valence electrons. The van der Waals surface area contributed by atoms with Crippen molar-refractivity contribution in [2.75, 3.05) is 6.54 Å². The maximum absolute atomic E-state index is 12.8. The molecule has 2 fully saturated rings. The minimum absolute atomic E-state index is 0.126. The van der Waals surface area contributed by atoms with Gasteiger partial charge in [-0.05, 0) is 36.2 Å². The number of hydroxylamine groups is 2. The summed E-state index contributed by atoms with van der Waals surface area (Å²) in [5.41, 5.74) is 1.58. The predicted molar refractivity (Wildman–Crippen MR) is 95.4 cm³/mol. The van der Waals surface area contributed by atoms with E-state index in [1.165, 1.54) is 5.06 Å². The maximum Gasteiger partial charge on any atom is 0.272 e. The molecule has 2 aromatic rings. The summed E-state index contributed by atoms with van der Waals surface area (Å²) < 4.78 is 0.915. The summed E-state index contributed by atoms with van der Waals surface area (Å²) in [6.07, 6.45) is 0.417. The number of carbonyl (C=O) groups excluding carboxylic acids is 2. The molecule has 25 heavy (non-hydrogen) atoms. The summed E-state index contributed by atoms with van der Waals surface area (Å²) in [6.45, 7) is 0.933. The first-order chi connectivity index (χ1) is 12.1. The molecule has 2 saturated heterocycles. The normalized spacial score (nSPS) is 22.4. The molecule has 2 heterocycles. The minimum Gasteiger partial charge on any atom is -0.324 e. The third kappa shape index (κ3) is 3.07. The van der Waals surface area contributed by atoms with Gasteiger partial charge >= 0.3 is 0 Å². The fraction of sp³-hybridized carbons (Fsp3) is 0.263. The van der Waals surface area contributed by atoms with E-state index >= 15 is 0 Å². The first-order valence-electron chi connectivity index (χ1n) is 8.22. The lowest BCUT2D eigenvalue weighted by Gasteiger charge is -2.22. The van der Waals surface area contributed by atoms with E-state index in [2.05, 4.69) is 15.9 Å². The van der Waals surface area contributed by atoms with Gasteiger partial charge in [0.2, 0.25) is 0 Å². The number of benzene rings is 2. The van der Waals surface area contributed by atoms with E-state index in [0.29, 0.717) is 25.1 Å². The molecule has 0 spiro atoms. The summed E-state index contributed by atoms with van der Waals surface area (Å²) >= 11 is 3.37. The van der Waals surface area contributed by atoms with Gasteiger partial charge < -0.3 is 4.90 Å². The zero-order valence-corrected chi connectivity index (χ0v) is 15.1. The Balaban J connectivity index is 1.51. The molecule has 2 aromatic carbocycles. The molecule has 0 aliphatic carbocycles. The van der Waals surface area contributed by atoms with E-state index < -0.39 is 6.04 Å². The van der Waals surface area contributed by atoms with Gasteiger partial charge in [0.1, 0.15) is 12.1 Å². The largest absolute Gasteiger partial charge is 0.324 e. The van der Waals surface area contributed by atoms with E-state index in [4.69, 9.17) is 4.84 Å². The molecule has 0 saturated carbocycles. The molecular weight excluding hydrogens is 384 g/mol. The number of likely N-dealkylation sites (tertiary alicyclic amines) is 1. The number of nitrogens with zero attached hydrogens (tertiary/aromatic N) is 2. The number of rotatable bonds is 3. The summed E-state index contributed by atoms with van der Waals surface area (Å²) in [6, 6.07) is 16.4. The Hall–Kier alpha value is -2.18. The molecule has 5 nitrogen and oxygen atoms in total. The van der Waals surface area contributed by atoms with E-state index in [9.17, 15) is 9.59 Å². The van der Waals surface area contributed by atoms with Crippen LogP contribution in [0, 0.1) is 0 Å². The number of amides is 2. The lowest BCUT2D eigenvalue weighted by Crippen LogP contribution is -2.43. The van der Waals surface area contributed by atoms with E-state index in [1.807, 2.05) is 42.5 Å². The highest BCUT2D eigenvalue weighted by atomic mass is 79.9. The summed E-state index contributed by atoms with van der Waals surface area (Å²) in [4.78, 5) is 33.0. The lowest BCUT2D eigenvalue weighted by molar-refractivity contribution is -0.177. The molecule has 2 aliphatic heterocycles. The first kappa shape index (κ1) is 16.3. The molecule has 6 heteroatoms. The maximum atomic E-state index is 12.8. The van der Waals surface area contributed by atoms with Crippen LogP contribution in [-0.2, 0) is 16.2 Å². The van der Waals surface area contributed by atoms with Crippen molar-refractivity contribution in [1.29, 1.82) is 0 Å². The zero-order valence-electron chi connectivity index (χ0n) is 13.5. The Morgan fingerprint density at radius 1 is 1.12 bits per heavy atom. The SMILES string of the molecule is O=C1[C@@H]2[C@@H](CCN2C(=O)c2ccc(Br)cc2)ON1Cc1ccccc1. The summed E-state index contributed by atoms with van der Waals surface area (Å²) in [5, 5.41) is 1.39. The van der Waals surface area contributed by atoms with Gasteiger partial charge in [-0.1, -0.05) is 46.3 Å². The van der Waals surface area contributed by atoms with Crippen LogP contribution >= 0.6 is 15.9 Å². The minimum atomic E-state index is -0.528. The van der Waals surface area contributed by atoms with Crippen molar-refractivity contribution >= 4 is 27.7 Å². The molecular formula is C19H17BrN2O3. The number of hydrogen-bond acceptors (Lipinski definition) is 3. The van der Waals surface area contributed by atoms with Gasteiger partial charge in [-0.3, -0.25) is 14.4 Å². The van der Waals surface area contributed by atoms with Gasteiger partial charge in [-0.2, -0.15) is 0 Å².